The molecule has 0 aliphatic rings. The van der Waals surface area contributed by atoms with Gasteiger partial charge in [-0.1, -0.05) is 40.2 Å². The first kappa shape index (κ1) is 14.9. The molecule has 0 aliphatic heterocycles. The molecule has 2 rings (SSSR count). The molecule has 2 aromatic rings. The second-order valence-corrected chi connectivity index (χ2v) is 5.28. The van der Waals surface area contributed by atoms with Gasteiger partial charge in [-0.3, -0.25) is 0 Å². The Morgan fingerprint density at radius 2 is 2.00 bits per heavy atom. The number of para-hydroxylation sites is 1. The average molecular weight is 336 g/mol. The van der Waals surface area contributed by atoms with E-state index in [1.165, 1.54) is 0 Å². The molecule has 3 nitrogen and oxygen atoms in total. The molecule has 0 aromatic heterocycles. The van der Waals surface area contributed by atoms with E-state index in [1.807, 2.05) is 55.5 Å². The van der Waals surface area contributed by atoms with Crippen LogP contribution in [0.3, 0.4) is 0 Å². The van der Waals surface area contributed by atoms with E-state index in [4.69, 9.17) is 4.74 Å². The molecule has 1 atom stereocenters. The normalized spacial score (nSPS) is 11.9. The molecule has 2 N–H and O–H groups in total. The summed E-state index contributed by atoms with van der Waals surface area (Å²) in [6.07, 6.45) is 0. The number of halogens is 1. The molecule has 0 aliphatic carbocycles. The van der Waals surface area contributed by atoms with Crippen LogP contribution in [-0.4, -0.2) is 18.3 Å². The third-order valence-electron chi connectivity index (χ3n) is 2.94. The van der Waals surface area contributed by atoms with Crippen molar-refractivity contribution in [3.8, 4) is 5.75 Å². The minimum Gasteiger partial charge on any atom is -0.494 e. The van der Waals surface area contributed by atoms with Crippen molar-refractivity contribution in [2.24, 2.45) is 0 Å². The minimum absolute atomic E-state index is 0.00337. The Labute approximate surface area is 127 Å². The number of aliphatic hydroxyl groups is 1. The Balaban J connectivity index is 2.24. The molecular formula is C16H18BrNO2. The monoisotopic (exact) mass is 335 g/mol. The zero-order valence-electron chi connectivity index (χ0n) is 11.3. The summed E-state index contributed by atoms with van der Waals surface area (Å²) in [5, 5.41) is 13.0. The number of rotatable bonds is 6. The second kappa shape index (κ2) is 7.31. The van der Waals surface area contributed by atoms with Crippen LogP contribution in [0.4, 0.5) is 5.69 Å². The Morgan fingerprint density at radius 3 is 2.70 bits per heavy atom. The summed E-state index contributed by atoms with van der Waals surface area (Å²) in [4.78, 5) is 0. The summed E-state index contributed by atoms with van der Waals surface area (Å²) in [6, 6.07) is 15.4. The summed E-state index contributed by atoms with van der Waals surface area (Å²) in [5.74, 6) is 0.802. The highest BCUT2D eigenvalue weighted by Crippen LogP contribution is 2.28. The third-order valence-corrected chi connectivity index (χ3v) is 3.44. The fourth-order valence-corrected chi connectivity index (χ4v) is 2.46. The number of aliphatic hydroxyl groups excluding tert-OH is 1. The number of ether oxygens (including phenoxy) is 1. The van der Waals surface area contributed by atoms with Crippen LogP contribution in [0.5, 0.6) is 5.75 Å². The topological polar surface area (TPSA) is 41.5 Å². The SMILES string of the molecule is CCOc1ccccc1C(CO)Nc1cccc(Br)c1. The maximum absolute atomic E-state index is 9.67. The molecule has 0 saturated carbocycles. The molecule has 0 saturated heterocycles. The first-order chi connectivity index (χ1) is 9.74. The molecule has 1 unspecified atom stereocenters. The van der Waals surface area contributed by atoms with E-state index >= 15 is 0 Å². The first-order valence-electron chi connectivity index (χ1n) is 6.59. The van der Waals surface area contributed by atoms with E-state index in [-0.39, 0.29) is 12.6 Å². The molecule has 0 fully saturated rings. The predicted molar refractivity (Wildman–Crippen MR) is 85.2 cm³/mol. The molecule has 0 spiro atoms. The van der Waals surface area contributed by atoms with Crippen LogP contribution in [0, 0.1) is 0 Å². The molecule has 0 amide bonds. The minimum atomic E-state index is -0.202. The van der Waals surface area contributed by atoms with Crippen LogP contribution >= 0.6 is 15.9 Å². The van der Waals surface area contributed by atoms with Gasteiger partial charge in [0.2, 0.25) is 0 Å². The van der Waals surface area contributed by atoms with Gasteiger partial charge in [0.15, 0.2) is 0 Å². The van der Waals surface area contributed by atoms with Gasteiger partial charge in [0.05, 0.1) is 19.3 Å². The lowest BCUT2D eigenvalue weighted by molar-refractivity contribution is 0.270. The Kier molecular flexibility index (Phi) is 5.44. The molecule has 0 bridgehead atoms. The van der Waals surface area contributed by atoms with Gasteiger partial charge in [0.25, 0.3) is 0 Å². The fourth-order valence-electron chi connectivity index (χ4n) is 2.06. The lowest BCUT2D eigenvalue weighted by atomic mass is 10.1. The van der Waals surface area contributed by atoms with E-state index in [9.17, 15) is 5.11 Å². The quantitative estimate of drug-likeness (QED) is 0.838. The molecule has 106 valence electrons. The summed E-state index contributed by atoms with van der Waals surface area (Å²) >= 11 is 3.44. The molecule has 4 heteroatoms. The van der Waals surface area contributed by atoms with E-state index in [0.29, 0.717) is 6.61 Å². The van der Waals surface area contributed by atoms with Crippen LogP contribution in [0.15, 0.2) is 53.0 Å². The maximum atomic E-state index is 9.67. The highest BCUT2D eigenvalue weighted by atomic mass is 79.9. The van der Waals surface area contributed by atoms with E-state index in [0.717, 1.165) is 21.5 Å². The fraction of sp³-hybridized carbons (Fsp3) is 0.250. The van der Waals surface area contributed by atoms with E-state index in [1.54, 1.807) is 0 Å². The number of hydrogen-bond donors (Lipinski definition) is 2. The number of benzene rings is 2. The molecule has 2 aromatic carbocycles. The Hall–Kier alpha value is -1.52. The largest absolute Gasteiger partial charge is 0.494 e. The zero-order valence-corrected chi connectivity index (χ0v) is 12.9. The summed E-state index contributed by atoms with van der Waals surface area (Å²) in [6.45, 7) is 2.55. The number of anilines is 1. The van der Waals surface area contributed by atoms with Crippen molar-refractivity contribution in [1.82, 2.24) is 0 Å². The lowest BCUT2D eigenvalue weighted by Gasteiger charge is -2.21. The van der Waals surface area contributed by atoms with Crippen LogP contribution in [0.1, 0.15) is 18.5 Å². The van der Waals surface area contributed by atoms with Gasteiger partial charge in [-0.05, 0) is 31.2 Å². The smallest absolute Gasteiger partial charge is 0.124 e. The van der Waals surface area contributed by atoms with Crippen molar-refractivity contribution < 1.29 is 9.84 Å². The standard InChI is InChI=1S/C16H18BrNO2/c1-2-20-16-9-4-3-8-14(16)15(11-19)18-13-7-5-6-12(17)10-13/h3-10,15,18-19H,2,11H2,1H3. The van der Waals surface area contributed by atoms with Crippen LogP contribution in [-0.2, 0) is 0 Å². The summed E-state index contributed by atoms with van der Waals surface area (Å²) in [7, 11) is 0. The summed E-state index contributed by atoms with van der Waals surface area (Å²) in [5.41, 5.74) is 1.90. The van der Waals surface area contributed by atoms with Crippen LogP contribution in [0.2, 0.25) is 0 Å². The highest BCUT2D eigenvalue weighted by Gasteiger charge is 2.15. The van der Waals surface area contributed by atoms with Gasteiger partial charge < -0.3 is 15.2 Å². The number of nitrogens with one attached hydrogen (secondary N) is 1. The summed E-state index contributed by atoms with van der Waals surface area (Å²) < 4.78 is 6.62. The van der Waals surface area contributed by atoms with Gasteiger partial charge in [-0.2, -0.15) is 0 Å². The van der Waals surface area contributed by atoms with Crippen molar-refractivity contribution in [2.75, 3.05) is 18.5 Å². The first-order valence-corrected chi connectivity index (χ1v) is 7.38. The van der Waals surface area contributed by atoms with Crippen molar-refractivity contribution in [1.29, 1.82) is 0 Å². The van der Waals surface area contributed by atoms with E-state index < -0.39 is 0 Å². The van der Waals surface area contributed by atoms with Gasteiger partial charge in [-0.15, -0.1) is 0 Å². The van der Waals surface area contributed by atoms with Gasteiger partial charge in [-0.25, -0.2) is 0 Å². The second-order valence-electron chi connectivity index (χ2n) is 4.36. The van der Waals surface area contributed by atoms with E-state index in [2.05, 4.69) is 21.2 Å². The predicted octanol–water partition coefficient (Wildman–Crippen LogP) is 3.99. The Morgan fingerprint density at radius 1 is 1.20 bits per heavy atom. The van der Waals surface area contributed by atoms with Crippen LogP contribution < -0.4 is 10.1 Å². The lowest BCUT2D eigenvalue weighted by Crippen LogP contribution is -2.16. The van der Waals surface area contributed by atoms with Gasteiger partial charge >= 0.3 is 0 Å². The molecule has 20 heavy (non-hydrogen) atoms. The number of hydrogen-bond acceptors (Lipinski definition) is 3. The average Bonchev–Trinajstić information content (AvgIpc) is 2.46. The van der Waals surface area contributed by atoms with Crippen LogP contribution in [0.25, 0.3) is 0 Å². The van der Waals surface area contributed by atoms with Crippen molar-refractivity contribution in [2.45, 2.75) is 13.0 Å². The molecule has 0 heterocycles. The van der Waals surface area contributed by atoms with Gasteiger partial charge in [0, 0.05) is 15.7 Å². The van der Waals surface area contributed by atoms with Crippen molar-refractivity contribution >= 4 is 21.6 Å². The third kappa shape index (κ3) is 3.74. The van der Waals surface area contributed by atoms with Crippen molar-refractivity contribution in [3.05, 3.63) is 58.6 Å². The zero-order chi connectivity index (χ0) is 14.4. The van der Waals surface area contributed by atoms with Gasteiger partial charge in [0.1, 0.15) is 5.75 Å². The maximum Gasteiger partial charge on any atom is 0.124 e. The highest BCUT2D eigenvalue weighted by molar-refractivity contribution is 9.10. The van der Waals surface area contributed by atoms with Crippen molar-refractivity contribution in [3.63, 3.8) is 0 Å². The Bertz CT molecular complexity index is 560. The molecular weight excluding hydrogens is 318 g/mol. The molecule has 0 radical (unpaired) electrons.